The van der Waals surface area contributed by atoms with Gasteiger partial charge in [-0.3, -0.25) is 4.79 Å². The van der Waals surface area contributed by atoms with Crippen LogP contribution < -0.4 is 0 Å². The van der Waals surface area contributed by atoms with Gasteiger partial charge in [0, 0.05) is 0 Å². The molecule has 0 saturated heterocycles. The lowest BCUT2D eigenvalue weighted by atomic mass is 9.77. The minimum atomic E-state index is -0.636. The molecule has 1 fully saturated rings. The largest absolute Gasteiger partial charge is 0.481 e. The number of aryl methyl sites for hydroxylation is 3. The minimum Gasteiger partial charge on any atom is -0.481 e. The Balaban J connectivity index is 2.06. The van der Waals surface area contributed by atoms with Crippen LogP contribution in [0, 0.1) is 19.3 Å². The maximum atomic E-state index is 11.1. The third kappa shape index (κ3) is 3.59. The van der Waals surface area contributed by atoms with Crippen LogP contribution in [0.25, 0.3) is 0 Å². The summed E-state index contributed by atoms with van der Waals surface area (Å²) in [6, 6.07) is 6.56. The van der Waals surface area contributed by atoms with Crippen molar-refractivity contribution in [2.24, 2.45) is 5.41 Å². The SMILES string of the molecule is Cc1ccc(C)c(CCC2(CC(=O)O)CCCC2)c1. The van der Waals surface area contributed by atoms with Gasteiger partial charge in [-0.05, 0) is 56.1 Å². The van der Waals surface area contributed by atoms with Gasteiger partial charge >= 0.3 is 5.97 Å². The van der Waals surface area contributed by atoms with Crippen molar-refractivity contribution in [1.82, 2.24) is 0 Å². The molecule has 0 heterocycles. The number of hydrogen-bond donors (Lipinski definition) is 1. The number of rotatable bonds is 5. The first-order valence-electron chi connectivity index (χ1n) is 7.29. The van der Waals surface area contributed by atoms with E-state index in [0.29, 0.717) is 6.42 Å². The van der Waals surface area contributed by atoms with Gasteiger partial charge < -0.3 is 5.11 Å². The molecule has 1 aliphatic carbocycles. The maximum Gasteiger partial charge on any atom is 0.303 e. The third-order valence-corrected chi connectivity index (χ3v) is 4.62. The Hall–Kier alpha value is -1.31. The Bertz CT molecular complexity index is 456. The molecule has 19 heavy (non-hydrogen) atoms. The number of aliphatic carboxylic acids is 1. The summed E-state index contributed by atoms with van der Waals surface area (Å²) in [6.45, 7) is 4.26. The van der Waals surface area contributed by atoms with Crippen molar-refractivity contribution in [2.45, 2.75) is 58.8 Å². The topological polar surface area (TPSA) is 37.3 Å². The third-order valence-electron chi connectivity index (χ3n) is 4.62. The second kappa shape index (κ2) is 5.77. The molecular formula is C17H24O2. The second-order valence-corrected chi connectivity index (χ2v) is 6.21. The predicted molar refractivity (Wildman–Crippen MR) is 77.4 cm³/mol. The zero-order valence-electron chi connectivity index (χ0n) is 12.0. The fraction of sp³-hybridized carbons (Fsp3) is 0.588. The average Bonchev–Trinajstić information content (AvgIpc) is 2.78. The number of carbonyl (C=O) groups is 1. The summed E-state index contributed by atoms with van der Waals surface area (Å²) in [5, 5.41) is 9.14. The zero-order chi connectivity index (χ0) is 13.9. The number of benzene rings is 1. The molecule has 1 saturated carbocycles. The van der Waals surface area contributed by atoms with Gasteiger partial charge in [0.1, 0.15) is 0 Å². The predicted octanol–water partition coefficient (Wildman–Crippen LogP) is 4.27. The van der Waals surface area contributed by atoms with Crippen LogP contribution in [0.4, 0.5) is 0 Å². The standard InChI is InChI=1S/C17H24O2/c1-13-5-6-14(2)15(11-13)7-10-17(12-16(18)19)8-3-4-9-17/h5-6,11H,3-4,7-10,12H2,1-2H3,(H,18,19). The van der Waals surface area contributed by atoms with E-state index in [2.05, 4.69) is 32.0 Å². The van der Waals surface area contributed by atoms with E-state index in [1.807, 2.05) is 0 Å². The summed E-state index contributed by atoms with van der Waals surface area (Å²) in [7, 11) is 0. The molecule has 2 rings (SSSR count). The van der Waals surface area contributed by atoms with Crippen LogP contribution in [0.5, 0.6) is 0 Å². The van der Waals surface area contributed by atoms with Crippen molar-refractivity contribution in [3.05, 3.63) is 34.9 Å². The van der Waals surface area contributed by atoms with E-state index in [9.17, 15) is 4.79 Å². The first kappa shape index (κ1) is 14.1. The molecule has 0 amide bonds. The quantitative estimate of drug-likeness (QED) is 0.858. The van der Waals surface area contributed by atoms with Crippen molar-refractivity contribution in [1.29, 1.82) is 0 Å². The van der Waals surface area contributed by atoms with E-state index in [1.54, 1.807) is 0 Å². The molecule has 0 radical (unpaired) electrons. The fourth-order valence-electron chi connectivity index (χ4n) is 3.43. The van der Waals surface area contributed by atoms with Crippen molar-refractivity contribution in [3.63, 3.8) is 0 Å². The van der Waals surface area contributed by atoms with Gasteiger partial charge in [0.15, 0.2) is 0 Å². The molecule has 0 aliphatic heterocycles. The van der Waals surface area contributed by atoms with Gasteiger partial charge in [-0.2, -0.15) is 0 Å². The van der Waals surface area contributed by atoms with Gasteiger partial charge in [0.25, 0.3) is 0 Å². The van der Waals surface area contributed by atoms with Gasteiger partial charge in [-0.15, -0.1) is 0 Å². The number of hydrogen-bond acceptors (Lipinski definition) is 1. The summed E-state index contributed by atoms with van der Waals surface area (Å²) in [4.78, 5) is 11.1. The highest BCUT2D eigenvalue weighted by atomic mass is 16.4. The van der Waals surface area contributed by atoms with Crippen molar-refractivity contribution in [3.8, 4) is 0 Å². The normalized spacial score (nSPS) is 17.6. The summed E-state index contributed by atoms with van der Waals surface area (Å²) >= 11 is 0. The van der Waals surface area contributed by atoms with Gasteiger partial charge in [-0.25, -0.2) is 0 Å². The van der Waals surface area contributed by atoms with E-state index >= 15 is 0 Å². The minimum absolute atomic E-state index is 0.0576. The Labute approximate surface area is 115 Å². The van der Waals surface area contributed by atoms with Crippen LogP contribution in [0.2, 0.25) is 0 Å². The second-order valence-electron chi connectivity index (χ2n) is 6.21. The fourth-order valence-corrected chi connectivity index (χ4v) is 3.43. The van der Waals surface area contributed by atoms with Crippen molar-refractivity contribution in [2.75, 3.05) is 0 Å². The molecule has 1 aromatic rings. The molecule has 0 bridgehead atoms. The van der Waals surface area contributed by atoms with Crippen molar-refractivity contribution < 1.29 is 9.90 Å². The molecule has 104 valence electrons. The van der Waals surface area contributed by atoms with Gasteiger partial charge in [-0.1, -0.05) is 36.6 Å². The summed E-state index contributed by atoms with van der Waals surface area (Å²) in [5.74, 6) is -0.636. The van der Waals surface area contributed by atoms with Crippen LogP contribution in [0.15, 0.2) is 18.2 Å². The molecule has 0 aromatic heterocycles. The van der Waals surface area contributed by atoms with Crippen LogP contribution in [0.3, 0.4) is 0 Å². The van der Waals surface area contributed by atoms with E-state index in [1.165, 1.54) is 29.5 Å². The molecule has 2 heteroatoms. The van der Waals surface area contributed by atoms with E-state index in [4.69, 9.17) is 5.11 Å². The molecule has 1 N–H and O–H groups in total. The molecule has 2 nitrogen and oxygen atoms in total. The van der Waals surface area contributed by atoms with E-state index < -0.39 is 5.97 Å². The summed E-state index contributed by atoms with van der Waals surface area (Å²) in [6.07, 6.45) is 6.94. The summed E-state index contributed by atoms with van der Waals surface area (Å²) < 4.78 is 0. The monoisotopic (exact) mass is 260 g/mol. The first-order chi connectivity index (χ1) is 9.01. The number of carboxylic acid groups (broad SMARTS) is 1. The Morgan fingerprint density at radius 2 is 1.95 bits per heavy atom. The van der Waals surface area contributed by atoms with Crippen LogP contribution in [0.1, 0.15) is 55.2 Å². The van der Waals surface area contributed by atoms with Crippen molar-refractivity contribution >= 4 is 5.97 Å². The number of carboxylic acids is 1. The van der Waals surface area contributed by atoms with E-state index in [-0.39, 0.29) is 5.41 Å². The van der Waals surface area contributed by atoms with Gasteiger partial charge in [0.2, 0.25) is 0 Å². The highest BCUT2D eigenvalue weighted by Crippen LogP contribution is 2.44. The Kier molecular flexibility index (Phi) is 4.28. The van der Waals surface area contributed by atoms with Crippen LogP contribution >= 0.6 is 0 Å². The molecule has 1 aromatic carbocycles. The molecule has 0 unspecified atom stereocenters. The highest BCUT2D eigenvalue weighted by molar-refractivity contribution is 5.67. The van der Waals surface area contributed by atoms with Crippen LogP contribution in [-0.4, -0.2) is 11.1 Å². The Morgan fingerprint density at radius 3 is 2.58 bits per heavy atom. The molecule has 1 aliphatic rings. The maximum absolute atomic E-state index is 11.1. The Morgan fingerprint density at radius 1 is 1.26 bits per heavy atom. The smallest absolute Gasteiger partial charge is 0.303 e. The van der Waals surface area contributed by atoms with Crippen LogP contribution in [-0.2, 0) is 11.2 Å². The van der Waals surface area contributed by atoms with Gasteiger partial charge in [0.05, 0.1) is 6.42 Å². The zero-order valence-corrected chi connectivity index (χ0v) is 12.0. The lowest BCUT2D eigenvalue weighted by molar-refractivity contribution is -0.139. The lowest BCUT2D eigenvalue weighted by Gasteiger charge is -2.27. The first-order valence-corrected chi connectivity index (χ1v) is 7.29. The lowest BCUT2D eigenvalue weighted by Crippen LogP contribution is -2.22. The molecule has 0 atom stereocenters. The molecular weight excluding hydrogens is 236 g/mol. The average molecular weight is 260 g/mol. The van der Waals surface area contributed by atoms with E-state index in [0.717, 1.165) is 25.7 Å². The molecule has 0 spiro atoms. The summed E-state index contributed by atoms with van der Waals surface area (Å²) in [5.41, 5.74) is 4.06. The highest BCUT2D eigenvalue weighted by Gasteiger charge is 2.35.